The Morgan fingerprint density at radius 2 is 2.25 bits per heavy atom. The molecule has 20 heavy (non-hydrogen) atoms. The summed E-state index contributed by atoms with van der Waals surface area (Å²) in [5.74, 6) is -0.905. The lowest BCUT2D eigenvalue weighted by Crippen LogP contribution is -2.17. The highest BCUT2D eigenvalue weighted by Crippen LogP contribution is 2.23. The van der Waals surface area contributed by atoms with E-state index in [0.717, 1.165) is 12.8 Å². The lowest BCUT2D eigenvalue weighted by atomic mass is 10.0. The van der Waals surface area contributed by atoms with Crippen molar-refractivity contribution in [3.63, 3.8) is 0 Å². The Morgan fingerprint density at radius 1 is 1.45 bits per heavy atom. The van der Waals surface area contributed by atoms with Gasteiger partial charge in [0.05, 0.1) is 6.26 Å². The number of unbranched alkanes of at least 4 members (excludes halogenated alkanes) is 1. The van der Waals surface area contributed by atoms with Gasteiger partial charge in [0.25, 0.3) is 0 Å². The van der Waals surface area contributed by atoms with E-state index < -0.39 is 11.9 Å². The largest absolute Gasteiger partial charge is 0.481 e. The average Bonchev–Trinajstić information content (AvgIpc) is 2.92. The normalized spacial score (nSPS) is 12.2. The molecule has 0 aliphatic carbocycles. The molecule has 2 aromatic heterocycles. The maximum atomic E-state index is 11.4. The van der Waals surface area contributed by atoms with Gasteiger partial charge in [-0.3, -0.25) is 4.79 Å². The third-order valence-corrected chi connectivity index (χ3v) is 2.87. The minimum Gasteiger partial charge on any atom is -0.481 e. The van der Waals surface area contributed by atoms with Gasteiger partial charge in [-0.15, -0.1) is 0 Å². The Morgan fingerprint density at radius 3 is 2.85 bits per heavy atom. The van der Waals surface area contributed by atoms with Crippen LogP contribution in [0.2, 0.25) is 0 Å². The molecule has 0 spiro atoms. The molecule has 7 heteroatoms. The first-order valence-electron chi connectivity index (χ1n) is 6.40. The van der Waals surface area contributed by atoms with E-state index in [1.165, 1.54) is 6.26 Å². The number of carboxylic acids is 1. The van der Waals surface area contributed by atoms with Gasteiger partial charge >= 0.3 is 5.97 Å². The van der Waals surface area contributed by atoms with Crippen LogP contribution < -0.4 is 5.73 Å². The van der Waals surface area contributed by atoms with E-state index in [9.17, 15) is 9.90 Å². The third kappa shape index (κ3) is 3.11. The van der Waals surface area contributed by atoms with Crippen LogP contribution in [0.4, 0.5) is 5.95 Å². The molecule has 0 aromatic carbocycles. The molecule has 106 valence electrons. The number of carboxylic acid groups (broad SMARTS) is 1. The van der Waals surface area contributed by atoms with E-state index in [4.69, 9.17) is 10.2 Å². The van der Waals surface area contributed by atoms with Crippen LogP contribution in [-0.2, 0) is 4.79 Å². The van der Waals surface area contributed by atoms with Crippen LogP contribution in [0.15, 0.2) is 22.8 Å². The van der Waals surface area contributed by atoms with E-state index in [-0.39, 0.29) is 17.6 Å². The summed E-state index contributed by atoms with van der Waals surface area (Å²) in [7, 11) is 0. The molecule has 2 heterocycles. The molecule has 2 aromatic rings. The number of hydrogen-bond donors (Lipinski definition) is 2. The number of rotatable bonds is 6. The van der Waals surface area contributed by atoms with Crippen LogP contribution in [0.3, 0.4) is 0 Å². The van der Waals surface area contributed by atoms with Gasteiger partial charge in [0.2, 0.25) is 11.8 Å². The zero-order valence-corrected chi connectivity index (χ0v) is 11.1. The highest BCUT2D eigenvalue weighted by atomic mass is 16.4. The summed E-state index contributed by atoms with van der Waals surface area (Å²) in [5, 5.41) is 9.30. The first-order chi connectivity index (χ1) is 9.61. The van der Waals surface area contributed by atoms with Gasteiger partial charge in [0, 0.05) is 0 Å². The zero-order valence-electron chi connectivity index (χ0n) is 11.1. The molecule has 2 rings (SSSR count). The fourth-order valence-electron chi connectivity index (χ4n) is 1.85. The van der Waals surface area contributed by atoms with Crippen molar-refractivity contribution >= 4 is 11.9 Å². The molecule has 0 bridgehead atoms. The van der Waals surface area contributed by atoms with Crippen molar-refractivity contribution in [2.45, 2.75) is 32.1 Å². The first kappa shape index (κ1) is 14.0. The van der Waals surface area contributed by atoms with Gasteiger partial charge in [0.1, 0.15) is 11.7 Å². The lowest BCUT2D eigenvalue weighted by Gasteiger charge is -2.11. The number of anilines is 1. The van der Waals surface area contributed by atoms with Crippen molar-refractivity contribution in [2.24, 2.45) is 0 Å². The number of nitrogens with two attached hydrogens (primary N) is 1. The molecule has 3 N–H and O–H groups in total. The monoisotopic (exact) mass is 276 g/mol. The van der Waals surface area contributed by atoms with Crippen molar-refractivity contribution < 1.29 is 14.3 Å². The molecule has 0 saturated carbocycles. The Labute approximate surface area is 115 Å². The Hall–Kier alpha value is -2.44. The minimum atomic E-state index is -0.963. The number of furan rings is 1. The molecule has 0 amide bonds. The molecule has 0 radical (unpaired) electrons. The van der Waals surface area contributed by atoms with Gasteiger partial charge in [-0.25, -0.2) is 4.98 Å². The fourth-order valence-corrected chi connectivity index (χ4v) is 1.85. The van der Waals surface area contributed by atoms with Crippen molar-refractivity contribution in [1.29, 1.82) is 0 Å². The van der Waals surface area contributed by atoms with E-state index in [1.54, 1.807) is 12.1 Å². The van der Waals surface area contributed by atoms with Gasteiger partial charge in [-0.1, -0.05) is 19.8 Å². The van der Waals surface area contributed by atoms with Crippen LogP contribution >= 0.6 is 0 Å². The van der Waals surface area contributed by atoms with Crippen molar-refractivity contribution in [1.82, 2.24) is 15.0 Å². The smallest absolute Gasteiger partial charge is 0.314 e. The second kappa shape index (κ2) is 6.14. The number of nitrogen functional groups attached to an aromatic ring is 1. The molecule has 1 atom stereocenters. The van der Waals surface area contributed by atoms with Gasteiger partial charge in [-0.2, -0.15) is 9.97 Å². The fraction of sp³-hybridized carbons (Fsp3) is 0.385. The highest BCUT2D eigenvalue weighted by Gasteiger charge is 2.24. The molecular formula is C13H16N4O3. The molecular weight excluding hydrogens is 260 g/mol. The van der Waals surface area contributed by atoms with Crippen LogP contribution in [0, 0.1) is 0 Å². The van der Waals surface area contributed by atoms with E-state index >= 15 is 0 Å². The van der Waals surface area contributed by atoms with Gasteiger partial charge in [-0.05, 0) is 18.6 Å². The number of carbonyl (C=O) groups is 1. The molecule has 0 saturated heterocycles. The van der Waals surface area contributed by atoms with Crippen LogP contribution in [0.1, 0.15) is 37.9 Å². The topological polar surface area (TPSA) is 115 Å². The lowest BCUT2D eigenvalue weighted by molar-refractivity contribution is -0.139. The summed E-state index contributed by atoms with van der Waals surface area (Å²) in [5.41, 5.74) is 5.64. The summed E-state index contributed by atoms with van der Waals surface area (Å²) >= 11 is 0. The number of nitrogens with zero attached hydrogens (tertiary/aromatic N) is 3. The Kier molecular flexibility index (Phi) is 4.29. The van der Waals surface area contributed by atoms with Crippen molar-refractivity contribution in [3.8, 4) is 11.6 Å². The van der Waals surface area contributed by atoms with E-state index in [0.29, 0.717) is 12.2 Å². The standard InChI is InChI=1S/C13H16N4O3/c1-2-3-5-8(12(18)19)10-15-11(17-13(14)16-10)9-6-4-7-20-9/h4,6-8H,2-3,5H2,1H3,(H,18,19)(H2,14,15,16,17). The Bertz CT molecular complexity index is 583. The summed E-state index contributed by atoms with van der Waals surface area (Å²) in [6.07, 6.45) is 3.63. The van der Waals surface area contributed by atoms with Crippen LogP contribution in [-0.4, -0.2) is 26.0 Å². The summed E-state index contributed by atoms with van der Waals surface area (Å²) in [6, 6.07) is 3.38. The minimum absolute atomic E-state index is 0.0100. The predicted octanol–water partition coefficient (Wildman–Crippen LogP) is 2.07. The van der Waals surface area contributed by atoms with Gasteiger partial charge in [0.15, 0.2) is 5.76 Å². The van der Waals surface area contributed by atoms with E-state index in [1.807, 2.05) is 6.92 Å². The quantitative estimate of drug-likeness (QED) is 0.829. The second-order valence-corrected chi connectivity index (χ2v) is 4.39. The number of hydrogen-bond acceptors (Lipinski definition) is 6. The zero-order chi connectivity index (χ0) is 14.5. The highest BCUT2D eigenvalue weighted by molar-refractivity contribution is 5.75. The Balaban J connectivity index is 2.37. The second-order valence-electron chi connectivity index (χ2n) is 4.39. The maximum Gasteiger partial charge on any atom is 0.314 e. The molecule has 0 aliphatic rings. The molecule has 1 unspecified atom stereocenters. The third-order valence-electron chi connectivity index (χ3n) is 2.87. The SMILES string of the molecule is CCCCC(C(=O)O)c1nc(N)nc(-c2ccco2)n1. The van der Waals surface area contributed by atoms with Gasteiger partial charge < -0.3 is 15.3 Å². The van der Waals surface area contributed by atoms with Crippen molar-refractivity contribution in [3.05, 3.63) is 24.2 Å². The van der Waals surface area contributed by atoms with Crippen LogP contribution in [0.25, 0.3) is 11.6 Å². The summed E-state index contributed by atoms with van der Waals surface area (Å²) in [4.78, 5) is 23.4. The average molecular weight is 276 g/mol. The molecule has 7 nitrogen and oxygen atoms in total. The first-order valence-corrected chi connectivity index (χ1v) is 6.40. The summed E-state index contributed by atoms with van der Waals surface area (Å²) in [6.45, 7) is 1.99. The number of aliphatic carboxylic acids is 1. The van der Waals surface area contributed by atoms with Crippen LogP contribution in [0.5, 0.6) is 0 Å². The predicted molar refractivity (Wildman–Crippen MR) is 71.8 cm³/mol. The molecule has 0 aliphatic heterocycles. The summed E-state index contributed by atoms with van der Waals surface area (Å²) < 4.78 is 5.20. The maximum absolute atomic E-state index is 11.4. The molecule has 0 fully saturated rings. The van der Waals surface area contributed by atoms with E-state index in [2.05, 4.69) is 15.0 Å². The number of aromatic nitrogens is 3. The van der Waals surface area contributed by atoms with Crippen molar-refractivity contribution in [2.75, 3.05) is 5.73 Å².